The lowest BCUT2D eigenvalue weighted by atomic mass is 9.89. The van der Waals surface area contributed by atoms with E-state index in [4.69, 9.17) is 21.3 Å². The van der Waals surface area contributed by atoms with E-state index in [9.17, 15) is 9.59 Å². The number of benzene rings is 2. The predicted octanol–water partition coefficient (Wildman–Crippen LogP) is 4.83. The molecule has 1 unspecified atom stereocenters. The van der Waals surface area contributed by atoms with E-state index in [1.165, 1.54) is 11.3 Å². The maximum atomic E-state index is 13.5. The Hall–Kier alpha value is -3.10. The highest BCUT2D eigenvalue weighted by molar-refractivity contribution is 7.16. The number of hydrogen-bond donors (Lipinski definition) is 1. The van der Waals surface area contributed by atoms with Crippen LogP contribution in [0.25, 0.3) is 0 Å². The van der Waals surface area contributed by atoms with Crippen LogP contribution in [0.2, 0.25) is 5.02 Å². The number of aromatic nitrogens is 1. The molecule has 2 amide bonds. The van der Waals surface area contributed by atoms with Crippen molar-refractivity contribution in [2.45, 2.75) is 25.2 Å². The molecule has 0 bridgehead atoms. The molecule has 0 spiro atoms. The van der Waals surface area contributed by atoms with E-state index in [1.54, 1.807) is 31.4 Å². The average molecular weight is 511 g/mol. The van der Waals surface area contributed by atoms with Crippen molar-refractivity contribution in [2.24, 2.45) is 0 Å². The first-order valence-corrected chi connectivity index (χ1v) is 13.0. The lowest BCUT2D eigenvalue weighted by molar-refractivity contribution is -0.133. The number of rotatable bonds is 5. The molecule has 2 heterocycles. The van der Waals surface area contributed by atoms with Crippen LogP contribution >= 0.6 is 22.9 Å². The van der Waals surface area contributed by atoms with Crippen molar-refractivity contribution in [1.82, 2.24) is 9.88 Å². The summed E-state index contributed by atoms with van der Waals surface area (Å²) < 4.78 is 5.15. The second-order valence-electron chi connectivity index (χ2n) is 8.72. The van der Waals surface area contributed by atoms with E-state index in [1.807, 2.05) is 29.2 Å². The third-order valence-corrected chi connectivity index (χ3v) is 7.98. The first-order chi connectivity index (χ1) is 17.0. The van der Waals surface area contributed by atoms with Crippen LogP contribution < -0.4 is 15.0 Å². The Labute approximate surface area is 213 Å². The average Bonchev–Trinajstić information content (AvgIpc) is 3.31. The fraction of sp³-hybridized carbons (Fsp3) is 0.346. The molecular weight excluding hydrogens is 484 g/mol. The predicted molar refractivity (Wildman–Crippen MR) is 139 cm³/mol. The summed E-state index contributed by atoms with van der Waals surface area (Å²) in [4.78, 5) is 36.1. The van der Waals surface area contributed by atoms with Crippen LogP contribution in [0.5, 0.6) is 5.75 Å². The fourth-order valence-electron chi connectivity index (χ4n) is 4.72. The summed E-state index contributed by atoms with van der Waals surface area (Å²) >= 11 is 7.83. The molecule has 182 valence electrons. The molecule has 7 nitrogen and oxygen atoms in total. The molecular formula is C26H27ClN4O3S. The molecule has 35 heavy (non-hydrogen) atoms. The molecule has 1 saturated heterocycles. The summed E-state index contributed by atoms with van der Waals surface area (Å²) in [6.07, 6.45) is 2.61. The van der Waals surface area contributed by atoms with Gasteiger partial charge in [-0.1, -0.05) is 23.7 Å². The van der Waals surface area contributed by atoms with Gasteiger partial charge in [0, 0.05) is 36.6 Å². The minimum absolute atomic E-state index is 0.128. The number of methoxy groups -OCH3 is 1. The van der Waals surface area contributed by atoms with Crippen LogP contribution in [0.4, 0.5) is 10.8 Å². The number of thiazole rings is 1. The molecule has 1 fully saturated rings. The minimum Gasteiger partial charge on any atom is -0.497 e. The lowest BCUT2D eigenvalue weighted by Gasteiger charge is -2.38. The van der Waals surface area contributed by atoms with Crippen molar-refractivity contribution in [3.8, 4) is 5.75 Å². The van der Waals surface area contributed by atoms with Crippen LogP contribution in [0.3, 0.4) is 0 Å². The molecule has 0 saturated carbocycles. The summed E-state index contributed by atoms with van der Waals surface area (Å²) in [6.45, 7) is 2.80. The van der Waals surface area contributed by atoms with Gasteiger partial charge >= 0.3 is 0 Å². The summed E-state index contributed by atoms with van der Waals surface area (Å²) in [5.74, 6) is 0.342. The van der Waals surface area contributed by atoms with Crippen molar-refractivity contribution < 1.29 is 14.3 Å². The Balaban J connectivity index is 1.25. The van der Waals surface area contributed by atoms with Crippen LogP contribution in [0, 0.1) is 0 Å². The maximum Gasteiger partial charge on any atom is 0.257 e. The molecule has 0 radical (unpaired) electrons. The van der Waals surface area contributed by atoms with E-state index in [0.717, 1.165) is 53.6 Å². The monoisotopic (exact) mass is 510 g/mol. The zero-order valence-electron chi connectivity index (χ0n) is 19.5. The molecule has 2 aliphatic rings. The number of para-hydroxylation sites is 1. The third-order valence-electron chi connectivity index (χ3n) is 6.61. The number of aryl methyl sites for hydroxylation is 1. The normalized spacial score (nSPS) is 17.6. The maximum absolute atomic E-state index is 13.5. The molecule has 9 heteroatoms. The Morgan fingerprint density at radius 3 is 2.54 bits per heavy atom. The Morgan fingerprint density at radius 2 is 1.83 bits per heavy atom. The summed E-state index contributed by atoms with van der Waals surface area (Å²) in [5.41, 5.74) is 2.37. The first-order valence-electron chi connectivity index (χ1n) is 11.8. The van der Waals surface area contributed by atoms with E-state index in [0.29, 0.717) is 29.5 Å². The zero-order valence-corrected chi connectivity index (χ0v) is 21.1. The largest absolute Gasteiger partial charge is 0.497 e. The van der Waals surface area contributed by atoms with Gasteiger partial charge in [0.15, 0.2) is 5.13 Å². The van der Waals surface area contributed by atoms with Crippen LogP contribution in [-0.2, 0) is 11.2 Å². The number of piperazine rings is 1. The van der Waals surface area contributed by atoms with E-state index >= 15 is 0 Å². The van der Waals surface area contributed by atoms with Gasteiger partial charge in [0.25, 0.3) is 5.91 Å². The smallest absolute Gasteiger partial charge is 0.257 e. The van der Waals surface area contributed by atoms with E-state index in [-0.39, 0.29) is 17.7 Å². The van der Waals surface area contributed by atoms with Gasteiger partial charge in [0.2, 0.25) is 5.91 Å². The number of hydrogen-bond acceptors (Lipinski definition) is 6. The fourth-order valence-corrected chi connectivity index (χ4v) is 6.04. The van der Waals surface area contributed by atoms with Crippen molar-refractivity contribution in [1.29, 1.82) is 0 Å². The lowest BCUT2D eigenvalue weighted by Crippen LogP contribution is -2.50. The number of ether oxygens (including phenoxy) is 1. The number of nitrogens with one attached hydrogen (secondary N) is 1. The van der Waals surface area contributed by atoms with Gasteiger partial charge in [-0.05, 0) is 55.7 Å². The number of amides is 2. The van der Waals surface area contributed by atoms with E-state index in [2.05, 4.69) is 10.2 Å². The van der Waals surface area contributed by atoms with E-state index < -0.39 is 0 Å². The van der Waals surface area contributed by atoms with Crippen molar-refractivity contribution >= 4 is 45.6 Å². The van der Waals surface area contributed by atoms with Gasteiger partial charge in [-0.15, -0.1) is 11.3 Å². The SMILES string of the molecule is COc1ccc(C(=O)Nc2nc3c(s2)CCCC3C(=O)N2CCN(c3ccccc3Cl)CC2)cc1. The molecule has 1 atom stereocenters. The first kappa shape index (κ1) is 23.6. The molecule has 1 aliphatic carbocycles. The number of carbonyl (C=O) groups is 2. The number of fused-ring (bicyclic) bond motifs is 1. The zero-order chi connectivity index (χ0) is 24.4. The standard InChI is InChI=1S/C26H27ClN4O3S/c1-34-18-11-9-17(10-12-18)24(32)29-26-28-23-19(5-4-8-22(23)35-26)25(33)31-15-13-30(14-16-31)21-7-3-2-6-20(21)27/h2-3,6-7,9-12,19H,4-5,8,13-16H2,1H3,(H,28,29,32). The molecule has 1 aliphatic heterocycles. The van der Waals surface area contributed by atoms with Crippen molar-refractivity contribution in [3.63, 3.8) is 0 Å². The van der Waals surface area contributed by atoms with Gasteiger partial charge in [0.05, 0.1) is 29.4 Å². The Kier molecular flexibility index (Phi) is 6.92. The molecule has 2 aromatic carbocycles. The highest BCUT2D eigenvalue weighted by Crippen LogP contribution is 2.38. The molecule has 1 aromatic heterocycles. The Bertz CT molecular complexity index is 1220. The minimum atomic E-state index is -0.256. The number of halogens is 1. The second-order valence-corrected chi connectivity index (χ2v) is 10.2. The summed E-state index contributed by atoms with van der Waals surface area (Å²) in [7, 11) is 1.59. The van der Waals surface area contributed by atoms with Gasteiger partial charge in [-0.3, -0.25) is 14.9 Å². The topological polar surface area (TPSA) is 74.8 Å². The highest BCUT2D eigenvalue weighted by Gasteiger charge is 2.34. The van der Waals surface area contributed by atoms with Gasteiger partial charge in [0.1, 0.15) is 5.75 Å². The van der Waals surface area contributed by atoms with Gasteiger partial charge in [-0.25, -0.2) is 4.98 Å². The van der Waals surface area contributed by atoms with Crippen molar-refractivity contribution in [2.75, 3.05) is 43.5 Å². The third kappa shape index (κ3) is 4.99. The highest BCUT2D eigenvalue weighted by atomic mass is 35.5. The van der Waals surface area contributed by atoms with Gasteiger partial charge in [-0.2, -0.15) is 0 Å². The quantitative estimate of drug-likeness (QED) is 0.532. The Morgan fingerprint density at radius 1 is 1.09 bits per heavy atom. The van der Waals surface area contributed by atoms with Crippen LogP contribution in [0.15, 0.2) is 48.5 Å². The molecule has 1 N–H and O–H groups in total. The molecule has 5 rings (SSSR count). The number of nitrogens with zero attached hydrogens (tertiary/aromatic N) is 3. The number of carbonyl (C=O) groups excluding carboxylic acids is 2. The molecule has 3 aromatic rings. The van der Waals surface area contributed by atoms with Crippen molar-refractivity contribution in [3.05, 3.63) is 69.7 Å². The number of anilines is 2. The van der Waals surface area contributed by atoms with Crippen LogP contribution in [-0.4, -0.2) is 55.0 Å². The summed E-state index contributed by atoms with van der Waals surface area (Å²) in [6, 6.07) is 14.8. The van der Waals surface area contributed by atoms with Crippen LogP contribution in [0.1, 0.15) is 39.7 Å². The second kappa shape index (κ2) is 10.3. The van der Waals surface area contributed by atoms with Gasteiger partial charge < -0.3 is 14.5 Å². The summed E-state index contributed by atoms with van der Waals surface area (Å²) in [5, 5.41) is 4.18.